The molecule has 1 heterocycles. The van der Waals surface area contributed by atoms with Crippen LogP contribution in [0.1, 0.15) is 92.4 Å². The lowest BCUT2D eigenvalue weighted by atomic mass is 9.44. The smallest absolute Gasteiger partial charge is 0.161 e. The molecule has 36 heavy (non-hydrogen) atoms. The lowest BCUT2D eigenvalue weighted by molar-refractivity contribution is -0.282. The maximum Gasteiger partial charge on any atom is 0.161 e. The van der Waals surface area contributed by atoms with Crippen molar-refractivity contribution in [3.8, 4) is 0 Å². The predicted octanol–water partition coefficient (Wildman–Crippen LogP) is 4.01. The van der Waals surface area contributed by atoms with Gasteiger partial charge in [0.2, 0.25) is 0 Å². The van der Waals surface area contributed by atoms with E-state index in [0.717, 1.165) is 25.7 Å². The van der Waals surface area contributed by atoms with Crippen LogP contribution in [0.5, 0.6) is 0 Å². The number of rotatable bonds is 5. The van der Waals surface area contributed by atoms with E-state index in [-0.39, 0.29) is 35.2 Å². The van der Waals surface area contributed by atoms with Gasteiger partial charge in [-0.2, -0.15) is 0 Å². The van der Waals surface area contributed by atoms with Crippen LogP contribution in [-0.2, 0) is 18.9 Å². The van der Waals surface area contributed by atoms with E-state index in [9.17, 15) is 15.3 Å². The lowest BCUT2D eigenvalue weighted by Gasteiger charge is -2.62. The van der Waals surface area contributed by atoms with Crippen molar-refractivity contribution in [2.75, 3.05) is 7.11 Å². The minimum absolute atomic E-state index is 0.111. The highest BCUT2D eigenvalue weighted by Crippen LogP contribution is 2.69. The molecular weight excluding hydrogens is 460 g/mol. The van der Waals surface area contributed by atoms with Gasteiger partial charge in [0.15, 0.2) is 12.6 Å². The van der Waals surface area contributed by atoms with Crippen LogP contribution in [0, 0.1) is 34.5 Å². The molecule has 4 saturated carbocycles. The number of ether oxygens (including phenoxy) is 4. The zero-order valence-corrected chi connectivity index (χ0v) is 23.2. The monoisotopic (exact) mass is 510 g/mol. The molecule has 0 aromatic carbocycles. The summed E-state index contributed by atoms with van der Waals surface area (Å²) in [6, 6.07) is 0. The fraction of sp³-hybridized carbons (Fsp3) is 1.00. The Kier molecular flexibility index (Phi) is 7.37. The molecule has 0 spiro atoms. The summed E-state index contributed by atoms with van der Waals surface area (Å²) in [4.78, 5) is 0. The van der Waals surface area contributed by atoms with E-state index in [1.807, 2.05) is 6.92 Å². The second kappa shape index (κ2) is 9.72. The first-order valence-electron chi connectivity index (χ1n) is 14.5. The molecule has 4 aliphatic carbocycles. The number of hydrogen-bond donors (Lipinski definition) is 3. The first kappa shape index (κ1) is 27.3. The minimum Gasteiger partial charge on any atom is -0.390 e. The maximum atomic E-state index is 11.3. The largest absolute Gasteiger partial charge is 0.390 e. The fourth-order valence-electron chi connectivity index (χ4n) is 9.55. The number of methoxy groups -OCH3 is 1. The molecule has 14 atom stereocenters. The Balaban J connectivity index is 1.28. The zero-order chi connectivity index (χ0) is 26.0. The fourth-order valence-corrected chi connectivity index (χ4v) is 9.55. The topological polar surface area (TPSA) is 97.6 Å². The third-order valence-electron chi connectivity index (χ3n) is 12.0. The van der Waals surface area contributed by atoms with Crippen molar-refractivity contribution < 1.29 is 34.3 Å². The molecule has 1 saturated heterocycles. The van der Waals surface area contributed by atoms with Gasteiger partial charge >= 0.3 is 0 Å². The molecule has 5 aliphatic rings. The molecule has 0 bridgehead atoms. The average Bonchev–Trinajstić information content (AvgIpc) is 3.08. The molecule has 5 fully saturated rings. The van der Waals surface area contributed by atoms with Crippen molar-refractivity contribution in [3.05, 3.63) is 0 Å². The second-order valence-corrected chi connectivity index (χ2v) is 13.5. The van der Waals surface area contributed by atoms with Crippen molar-refractivity contribution in [1.82, 2.24) is 0 Å². The van der Waals surface area contributed by atoms with E-state index in [4.69, 9.17) is 18.9 Å². The summed E-state index contributed by atoms with van der Waals surface area (Å²) >= 11 is 0. The number of aliphatic hydroxyl groups is 3. The molecule has 208 valence electrons. The summed E-state index contributed by atoms with van der Waals surface area (Å²) in [6.45, 7) is 11.0. The van der Waals surface area contributed by atoms with Crippen LogP contribution in [0.25, 0.3) is 0 Å². The SMILES string of the molecule is CO[C@H](C)O[C@@]1(C)CC[C@H]2[C@@H]3CC[C@H]4C[C@@H](O[C@H]5C[C@H](O)[C@H](O)[C@@H](C)O5)[C@H](O)C[C@]4(C)[C@H]3CC[C@@]21C. The molecule has 1 aliphatic heterocycles. The molecule has 0 aromatic heterocycles. The summed E-state index contributed by atoms with van der Waals surface area (Å²) in [5.74, 6) is 2.47. The lowest BCUT2D eigenvalue weighted by Crippen LogP contribution is -2.59. The summed E-state index contributed by atoms with van der Waals surface area (Å²) in [5, 5.41) is 31.5. The molecule has 5 rings (SSSR count). The van der Waals surface area contributed by atoms with E-state index in [1.165, 1.54) is 25.7 Å². The van der Waals surface area contributed by atoms with Crippen LogP contribution in [0.4, 0.5) is 0 Å². The van der Waals surface area contributed by atoms with Crippen LogP contribution < -0.4 is 0 Å². The van der Waals surface area contributed by atoms with Crippen LogP contribution in [-0.4, -0.2) is 71.1 Å². The Morgan fingerprint density at radius 3 is 2.33 bits per heavy atom. The molecule has 3 N–H and O–H groups in total. The Bertz CT molecular complexity index is 782. The van der Waals surface area contributed by atoms with Gasteiger partial charge in [0.1, 0.15) is 6.10 Å². The summed E-state index contributed by atoms with van der Waals surface area (Å²) in [7, 11) is 1.72. The van der Waals surface area contributed by atoms with Gasteiger partial charge < -0.3 is 34.3 Å². The Hall–Kier alpha value is -0.280. The van der Waals surface area contributed by atoms with E-state index in [0.29, 0.717) is 23.7 Å². The molecule has 0 amide bonds. The predicted molar refractivity (Wildman–Crippen MR) is 135 cm³/mol. The van der Waals surface area contributed by atoms with Gasteiger partial charge in [-0.1, -0.05) is 13.8 Å². The van der Waals surface area contributed by atoms with Crippen LogP contribution in [0.2, 0.25) is 0 Å². The van der Waals surface area contributed by atoms with E-state index < -0.39 is 30.7 Å². The summed E-state index contributed by atoms with van der Waals surface area (Å²) in [5.41, 5.74) is 0.110. The molecular formula is C29H50O7. The van der Waals surface area contributed by atoms with Crippen LogP contribution in [0.15, 0.2) is 0 Å². The zero-order valence-electron chi connectivity index (χ0n) is 23.2. The standard InChI is InChI=1S/C29H50O7/c1-16-26(32)22(30)14-25(34-16)35-24-13-18-7-8-19-20(27(18,3)15-23(24)31)9-11-28(4)21(19)10-12-29(28,5)36-17(2)33-6/h16-26,30-32H,7-15H2,1-6H3/t16-,17+,18+,19-,20+,21+,22+,23-,24-,25+,26-,27+,28+,29+/m1/s1. The third-order valence-corrected chi connectivity index (χ3v) is 12.0. The average molecular weight is 511 g/mol. The van der Waals surface area contributed by atoms with E-state index in [1.54, 1.807) is 14.0 Å². The minimum atomic E-state index is -0.891. The van der Waals surface area contributed by atoms with Crippen LogP contribution in [0.3, 0.4) is 0 Å². The van der Waals surface area contributed by atoms with Gasteiger partial charge in [-0.05, 0) is 107 Å². The van der Waals surface area contributed by atoms with Gasteiger partial charge in [-0.15, -0.1) is 0 Å². The quantitative estimate of drug-likeness (QED) is 0.380. The van der Waals surface area contributed by atoms with Crippen molar-refractivity contribution in [2.24, 2.45) is 34.5 Å². The third kappa shape index (κ3) is 4.29. The Labute approximate surface area is 217 Å². The Morgan fingerprint density at radius 2 is 1.64 bits per heavy atom. The van der Waals surface area contributed by atoms with Gasteiger partial charge in [0, 0.05) is 13.5 Å². The van der Waals surface area contributed by atoms with Crippen molar-refractivity contribution in [3.63, 3.8) is 0 Å². The molecule has 0 aromatic rings. The number of hydrogen-bond acceptors (Lipinski definition) is 7. The van der Waals surface area contributed by atoms with E-state index >= 15 is 0 Å². The van der Waals surface area contributed by atoms with E-state index in [2.05, 4.69) is 20.8 Å². The molecule has 7 heteroatoms. The first-order chi connectivity index (χ1) is 16.9. The summed E-state index contributed by atoms with van der Waals surface area (Å²) < 4.78 is 24.1. The van der Waals surface area contributed by atoms with Crippen molar-refractivity contribution in [1.29, 1.82) is 0 Å². The maximum absolute atomic E-state index is 11.3. The molecule has 0 radical (unpaired) electrons. The molecule has 0 unspecified atom stereocenters. The van der Waals surface area contributed by atoms with Gasteiger partial charge in [-0.25, -0.2) is 0 Å². The van der Waals surface area contributed by atoms with Crippen LogP contribution >= 0.6 is 0 Å². The van der Waals surface area contributed by atoms with Gasteiger partial charge in [-0.3, -0.25) is 0 Å². The van der Waals surface area contributed by atoms with Crippen molar-refractivity contribution in [2.45, 2.75) is 141 Å². The molecule has 7 nitrogen and oxygen atoms in total. The van der Waals surface area contributed by atoms with Gasteiger partial charge in [0.05, 0.1) is 30.0 Å². The highest BCUT2D eigenvalue weighted by Gasteiger charge is 2.65. The number of fused-ring (bicyclic) bond motifs is 5. The highest BCUT2D eigenvalue weighted by molar-refractivity contribution is 5.14. The van der Waals surface area contributed by atoms with Gasteiger partial charge in [0.25, 0.3) is 0 Å². The normalized spacial score (nSPS) is 55.9. The first-order valence-corrected chi connectivity index (χ1v) is 14.5. The Morgan fingerprint density at radius 1 is 0.917 bits per heavy atom. The van der Waals surface area contributed by atoms with Crippen molar-refractivity contribution >= 4 is 0 Å². The summed E-state index contributed by atoms with van der Waals surface area (Å²) in [6.07, 6.45) is 5.07. The second-order valence-electron chi connectivity index (χ2n) is 13.5. The highest BCUT2D eigenvalue weighted by atomic mass is 16.7. The number of aliphatic hydroxyl groups excluding tert-OH is 3.